The van der Waals surface area contributed by atoms with E-state index in [0.717, 1.165) is 11.4 Å². The molecule has 0 aliphatic heterocycles. The third-order valence-corrected chi connectivity index (χ3v) is 2.51. The zero-order valence-electron chi connectivity index (χ0n) is 6.75. The molecule has 2 heteroatoms. The number of H-pyrrole nitrogens is 1. The third kappa shape index (κ3) is 0.843. The lowest BCUT2D eigenvalue weighted by atomic mass is 10.1. The molecule has 1 fully saturated rings. The van der Waals surface area contributed by atoms with Crippen molar-refractivity contribution >= 4 is 10.9 Å². The first-order valence-corrected chi connectivity index (χ1v) is 4.36. The molecule has 0 spiro atoms. The summed E-state index contributed by atoms with van der Waals surface area (Å²) in [6.45, 7) is 0. The van der Waals surface area contributed by atoms with Crippen molar-refractivity contribution in [2.75, 3.05) is 0 Å². The van der Waals surface area contributed by atoms with Gasteiger partial charge in [0, 0.05) is 5.39 Å². The van der Waals surface area contributed by atoms with Gasteiger partial charge in [0.15, 0.2) is 0 Å². The predicted octanol–water partition coefficient (Wildman–Crippen LogP) is 2.44. The summed E-state index contributed by atoms with van der Waals surface area (Å²) in [7, 11) is 0. The summed E-state index contributed by atoms with van der Waals surface area (Å²) in [6.07, 6.45) is 4.62. The van der Waals surface area contributed by atoms with Gasteiger partial charge in [-0.1, -0.05) is 6.07 Å². The fourth-order valence-electron chi connectivity index (χ4n) is 1.63. The number of aromatic amines is 1. The number of rotatable bonds is 1. The average Bonchev–Trinajstić information content (AvgIpc) is 2.84. The van der Waals surface area contributed by atoms with Gasteiger partial charge in [0.1, 0.15) is 0 Å². The second-order valence-corrected chi connectivity index (χ2v) is 3.49. The van der Waals surface area contributed by atoms with Gasteiger partial charge in [-0.15, -0.1) is 0 Å². The minimum atomic E-state index is 0.837. The quantitative estimate of drug-likeness (QED) is 0.678. The Morgan fingerprint density at radius 2 is 2.25 bits per heavy atom. The van der Waals surface area contributed by atoms with Crippen LogP contribution in [0.25, 0.3) is 10.9 Å². The van der Waals surface area contributed by atoms with E-state index in [-0.39, 0.29) is 0 Å². The molecule has 0 saturated heterocycles. The largest absolute Gasteiger partial charge is 0.278 e. The van der Waals surface area contributed by atoms with Crippen LogP contribution in [0.4, 0.5) is 0 Å². The second kappa shape index (κ2) is 2.09. The van der Waals surface area contributed by atoms with Crippen molar-refractivity contribution in [2.24, 2.45) is 0 Å². The van der Waals surface area contributed by atoms with Crippen molar-refractivity contribution < 1.29 is 0 Å². The number of hydrogen-bond acceptors (Lipinski definition) is 1. The smallest absolute Gasteiger partial charge is 0.0650 e. The van der Waals surface area contributed by atoms with Gasteiger partial charge in [-0.25, -0.2) is 0 Å². The molecule has 1 aromatic carbocycles. The average molecular weight is 158 g/mol. The Morgan fingerprint density at radius 1 is 1.33 bits per heavy atom. The normalized spacial score (nSPS) is 17.0. The first kappa shape index (κ1) is 6.23. The fourth-order valence-corrected chi connectivity index (χ4v) is 1.63. The predicted molar refractivity (Wildman–Crippen MR) is 48.1 cm³/mol. The number of nitrogens with zero attached hydrogens (tertiary/aromatic N) is 1. The molecule has 2 aromatic rings. The highest BCUT2D eigenvalue weighted by atomic mass is 15.1. The maximum absolute atomic E-state index is 4.00. The number of fused-ring (bicyclic) bond motifs is 1. The van der Waals surface area contributed by atoms with Crippen molar-refractivity contribution in [3.05, 3.63) is 30.0 Å². The molecular formula is C10H10N2. The van der Waals surface area contributed by atoms with Crippen LogP contribution in [-0.4, -0.2) is 10.2 Å². The molecule has 12 heavy (non-hydrogen) atoms. The number of benzene rings is 1. The number of nitrogens with one attached hydrogen (secondary N) is 1. The van der Waals surface area contributed by atoms with Gasteiger partial charge < -0.3 is 0 Å². The van der Waals surface area contributed by atoms with E-state index >= 15 is 0 Å². The van der Waals surface area contributed by atoms with Gasteiger partial charge in [-0.05, 0) is 36.5 Å². The highest BCUT2D eigenvalue weighted by Crippen LogP contribution is 2.40. The van der Waals surface area contributed by atoms with Gasteiger partial charge in [-0.3, -0.25) is 5.10 Å². The summed E-state index contributed by atoms with van der Waals surface area (Å²) in [5.41, 5.74) is 2.61. The van der Waals surface area contributed by atoms with Gasteiger partial charge in [-0.2, -0.15) is 5.10 Å². The van der Waals surface area contributed by atoms with E-state index < -0.39 is 0 Å². The Kier molecular flexibility index (Phi) is 1.09. The van der Waals surface area contributed by atoms with Gasteiger partial charge in [0.2, 0.25) is 0 Å². The standard InChI is InChI=1S/C10H10N2/c1-2-7(1)8-3-4-10-9(5-8)6-11-12-10/h3-7H,1-2H2,(H,11,12). The lowest BCUT2D eigenvalue weighted by Crippen LogP contribution is -1.77. The van der Waals surface area contributed by atoms with E-state index in [1.54, 1.807) is 0 Å². The minimum absolute atomic E-state index is 0.837. The van der Waals surface area contributed by atoms with E-state index in [4.69, 9.17) is 0 Å². The van der Waals surface area contributed by atoms with E-state index in [0.29, 0.717) is 0 Å². The van der Waals surface area contributed by atoms with E-state index in [1.807, 2.05) is 6.20 Å². The van der Waals surface area contributed by atoms with Crippen LogP contribution < -0.4 is 0 Å². The monoisotopic (exact) mass is 158 g/mol. The topological polar surface area (TPSA) is 28.7 Å². The first-order chi connectivity index (χ1) is 5.93. The molecule has 0 unspecified atom stereocenters. The van der Waals surface area contributed by atoms with Crippen molar-refractivity contribution in [2.45, 2.75) is 18.8 Å². The molecule has 0 radical (unpaired) electrons. The van der Waals surface area contributed by atoms with Crippen LogP contribution in [0.15, 0.2) is 24.4 Å². The molecule has 0 bridgehead atoms. The molecule has 1 N–H and O–H groups in total. The fraction of sp³-hybridized carbons (Fsp3) is 0.300. The lowest BCUT2D eigenvalue weighted by molar-refractivity contribution is 1.12. The maximum Gasteiger partial charge on any atom is 0.0650 e. The molecule has 1 saturated carbocycles. The van der Waals surface area contributed by atoms with Crippen LogP contribution in [-0.2, 0) is 0 Å². The van der Waals surface area contributed by atoms with Gasteiger partial charge in [0.05, 0.1) is 11.7 Å². The zero-order valence-corrected chi connectivity index (χ0v) is 6.75. The molecule has 1 heterocycles. The van der Waals surface area contributed by atoms with Gasteiger partial charge in [0.25, 0.3) is 0 Å². The van der Waals surface area contributed by atoms with Crippen LogP contribution in [0.1, 0.15) is 24.3 Å². The van der Waals surface area contributed by atoms with Crippen LogP contribution in [0.2, 0.25) is 0 Å². The van der Waals surface area contributed by atoms with Crippen molar-refractivity contribution in [1.29, 1.82) is 0 Å². The lowest BCUT2D eigenvalue weighted by Gasteiger charge is -1.95. The van der Waals surface area contributed by atoms with Gasteiger partial charge >= 0.3 is 0 Å². The van der Waals surface area contributed by atoms with E-state index in [9.17, 15) is 0 Å². The summed E-state index contributed by atoms with van der Waals surface area (Å²) in [5.74, 6) is 0.837. The molecule has 3 rings (SSSR count). The highest BCUT2D eigenvalue weighted by Gasteiger charge is 2.23. The summed E-state index contributed by atoms with van der Waals surface area (Å²) >= 11 is 0. The van der Waals surface area contributed by atoms with Crippen molar-refractivity contribution in [1.82, 2.24) is 10.2 Å². The van der Waals surface area contributed by atoms with E-state index in [1.165, 1.54) is 23.8 Å². The Bertz CT molecular complexity index is 412. The summed E-state index contributed by atoms with van der Waals surface area (Å²) < 4.78 is 0. The molecule has 0 amide bonds. The Labute approximate surface area is 70.6 Å². The van der Waals surface area contributed by atoms with Crippen LogP contribution in [0, 0.1) is 0 Å². The SMILES string of the molecule is c1cc2[nH]ncc2cc1C1CC1. The Balaban J connectivity index is 2.21. The number of hydrogen-bond donors (Lipinski definition) is 1. The highest BCUT2D eigenvalue weighted by molar-refractivity contribution is 5.78. The zero-order chi connectivity index (χ0) is 7.97. The van der Waals surface area contributed by atoms with Crippen molar-refractivity contribution in [3.63, 3.8) is 0 Å². The number of aromatic nitrogens is 2. The van der Waals surface area contributed by atoms with Crippen LogP contribution in [0.5, 0.6) is 0 Å². The van der Waals surface area contributed by atoms with Crippen molar-refractivity contribution in [3.8, 4) is 0 Å². The Morgan fingerprint density at radius 3 is 3.08 bits per heavy atom. The maximum atomic E-state index is 4.00. The summed E-state index contributed by atoms with van der Waals surface area (Å²) in [4.78, 5) is 0. The first-order valence-electron chi connectivity index (χ1n) is 4.36. The summed E-state index contributed by atoms with van der Waals surface area (Å²) in [5, 5.41) is 8.19. The minimum Gasteiger partial charge on any atom is -0.278 e. The van der Waals surface area contributed by atoms with E-state index in [2.05, 4.69) is 28.4 Å². The van der Waals surface area contributed by atoms with Crippen LogP contribution >= 0.6 is 0 Å². The summed E-state index contributed by atoms with van der Waals surface area (Å²) in [6, 6.07) is 6.57. The third-order valence-electron chi connectivity index (χ3n) is 2.51. The Hall–Kier alpha value is -1.31. The molecule has 2 nitrogen and oxygen atoms in total. The molecule has 1 aliphatic carbocycles. The molecule has 1 aliphatic rings. The molecular weight excluding hydrogens is 148 g/mol. The molecule has 1 aromatic heterocycles. The van der Waals surface area contributed by atoms with Crippen LogP contribution in [0.3, 0.4) is 0 Å². The molecule has 60 valence electrons. The second-order valence-electron chi connectivity index (χ2n) is 3.49. The molecule has 0 atom stereocenters.